The molecule has 2 aromatic rings. The van der Waals surface area contributed by atoms with Crippen LogP contribution in [0, 0.1) is 6.08 Å². The highest BCUT2D eigenvalue weighted by Gasteiger charge is 2.07. The first-order chi connectivity index (χ1) is 7.20. The van der Waals surface area contributed by atoms with Crippen LogP contribution in [0.25, 0.3) is 5.69 Å². The quantitative estimate of drug-likeness (QED) is 0.839. The monoisotopic (exact) mass is 270 g/mol. The van der Waals surface area contributed by atoms with Gasteiger partial charge in [0.15, 0.2) is 0 Å². The minimum absolute atomic E-state index is 0.461. The number of benzene rings is 1. The van der Waals surface area contributed by atoms with E-state index < -0.39 is 6.08 Å². The standard InChI is InChI=1S/C10H8BrFN2O/c1-15-8-4-2-3-7(5-8)14-6-9(11)13-10(14)12/h2-6H,1H3. The Morgan fingerprint density at radius 2 is 2.27 bits per heavy atom. The minimum Gasteiger partial charge on any atom is -0.497 e. The molecule has 2 rings (SSSR count). The largest absolute Gasteiger partial charge is 0.497 e. The highest BCUT2D eigenvalue weighted by Crippen LogP contribution is 2.19. The lowest BCUT2D eigenvalue weighted by molar-refractivity contribution is 0.414. The van der Waals surface area contributed by atoms with Crippen molar-refractivity contribution in [3.63, 3.8) is 0 Å². The van der Waals surface area contributed by atoms with Crippen LogP contribution in [-0.2, 0) is 0 Å². The van der Waals surface area contributed by atoms with E-state index in [4.69, 9.17) is 4.74 Å². The van der Waals surface area contributed by atoms with Crippen molar-refractivity contribution < 1.29 is 9.13 Å². The van der Waals surface area contributed by atoms with Crippen molar-refractivity contribution in [3.8, 4) is 11.4 Å². The van der Waals surface area contributed by atoms with Gasteiger partial charge in [-0.3, -0.25) is 4.57 Å². The summed E-state index contributed by atoms with van der Waals surface area (Å²) < 4.78 is 20.2. The number of nitrogens with zero attached hydrogens (tertiary/aromatic N) is 2. The Morgan fingerprint density at radius 1 is 1.47 bits per heavy atom. The number of ether oxygens (including phenoxy) is 1. The fraction of sp³-hybridized carbons (Fsp3) is 0.100. The number of hydrogen-bond acceptors (Lipinski definition) is 2. The Balaban J connectivity index is 2.49. The van der Waals surface area contributed by atoms with Gasteiger partial charge in [-0.1, -0.05) is 6.07 Å². The van der Waals surface area contributed by atoms with Crippen LogP contribution in [0.1, 0.15) is 0 Å². The van der Waals surface area contributed by atoms with Crippen molar-refractivity contribution >= 4 is 15.9 Å². The van der Waals surface area contributed by atoms with E-state index in [0.29, 0.717) is 16.0 Å². The highest BCUT2D eigenvalue weighted by atomic mass is 79.9. The maximum absolute atomic E-state index is 13.3. The minimum atomic E-state index is -0.560. The van der Waals surface area contributed by atoms with Gasteiger partial charge in [0, 0.05) is 12.3 Å². The van der Waals surface area contributed by atoms with E-state index in [2.05, 4.69) is 20.9 Å². The van der Waals surface area contributed by atoms with Crippen LogP contribution >= 0.6 is 15.9 Å². The SMILES string of the molecule is COc1cccc(-n2cc(Br)nc2F)c1. The summed E-state index contributed by atoms with van der Waals surface area (Å²) in [6.07, 6.45) is 1.000. The molecule has 0 radical (unpaired) electrons. The predicted octanol–water partition coefficient (Wildman–Crippen LogP) is 2.78. The van der Waals surface area contributed by atoms with Gasteiger partial charge < -0.3 is 4.74 Å². The molecule has 1 heterocycles. The van der Waals surface area contributed by atoms with Crippen molar-refractivity contribution in [2.24, 2.45) is 0 Å². The smallest absolute Gasteiger partial charge is 0.294 e. The van der Waals surface area contributed by atoms with Crippen molar-refractivity contribution in [1.82, 2.24) is 9.55 Å². The van der Waals surface area contributed by atoms with Crippen molar-refractivity contribution in [3.05, 3.63) is 41.1 Å². The van der Waals surface area contributed by atoms with Gasteiger partial charge >= 0.3 is 0 Å². The summed E-state index contributed by atoms with van der Waals surface area (Å²) in [4.78, 5) is 3.62. The van der Waals surface area contributed by atoms with Gasteiger partial charge in [0.2, 0.25) is 0 Å². The molecule has 0 N–H and O–H groups in total. The van der Waals surface area contributed by atoms with Gasteiger partial charge in [0.05, 0.1) is 12.8 Å². The zero-order valence-corrected chi connectivity index (χ0v) is 9.53. The molecule has 78 valence electrons. The van der Waals surface area contributed by atoms with Crippen LogP contribution in [0.5, 0.6) is 5.75 Å². The number of halogens is 2. The van der Waals surface area contributed by atoms with Crippen LogP contribution < -0.4 is 4.74 Å². The molecule has 5 heteroatoms. The summed E-state index contributed by atoms with van der Waals surface area (Å²) >= 11 is 3.11. The lowest BCUT2D eigenvalue weighted by Crippen LogP contribution is -1.96. The molecule has 0 saturated carbocycles. The lowest BCUT2D eigenvalue weighted by Gasteiger charge is -2.04. The molecular weight excluding hydrogens is 263 g/mol. The first kappa shape index (κ1) is 10.2. The Morgan fingerprint density at radius 3 is 2.87 bits per heavy atom. The molecule has 3 nitrogen and oxygen atoms in total. The highest BCUT2D eigenvalue weighted by molar-refractivity contribution is 9.10. The van der Waals surface area contributed by atoms with E-state index >= 15 is 0 Å². The van der Waals surface area contributed by atoms with Gasteiger partial charge in [-0.05, 0) is 28.1 Å². The zero-order valence-electron chi connectivity index (χ0n) is 7.95. The van der Waals surface area contributed by atoms with Gasteiger partial charge in [-0.2, -0.15) is 9.37 Å². The normalized spacial score (nSPS) is 10.3. The molecule has 0 unspecified atom stereocenters. The van der Waals surface area contributed by atoms with Crippen LogP contribution in [0.2, 0.25) is 0 Å². The molecule has 1 aromatic carbocycles. The van der Waals surface area contributed by atoms with Crippen LogP contribution in [0.15, 0.2) is 35.1 Å². The fourth-order valence-corrected chi connectivity index (χ4v) is 1.62. The molecule has 1 aromatic heterocycles. The lowest BCUT2D eigenvalue weighted by atomic mass is 10.3. The summed E-state index contributed by atoms with van der Waals surface area (Å²) in [5, 5.41) is 0. The van der Waals surface area contributed by atoms with Crippen molar-refractivity contribution in [2.45, 2.75) is 0 Å². The maximum Gasteiger partial charge on any atom is 0.294 e. The number of imidazole rings is 1. The molecular formula is C10H8BrFN2O. The average molecular weight is 271 g/mol. The third-order valence-electron chi connectivity index (χ3n) is 1.96. The van der Waals surface area contributed by atoms with E-state index in [9.17, 15) is 4.39 Å². The third kappa shape index (κ3) is 2.02. The fourth-order valence-electron chi connectivity index (χ4n) is 1.27. The molecule has 0 spiro atoms. The van der Waals surface area contributed by atoms with Crippen molar-refractivity contribution in [1.29, 1.82) is 0 Å². The van der Waals surface area contributed by atoms with Gasteiger partial charge in [0.1, 0.15) is 10.4 Å². The number of aromatic nitrogens is 2. The van der Waals surface area contributed by atoms with Crippen LogP contribution in [0.3, 0.4) is 0 Å². The van der Waals surface area contributed by atoms with E-state index in [0.717, 1.165) is 0 Å². The second kappa shape index (κ2) is 4.02. The number of methoxy groups -OCH3 is 1. The molecule has 0 aliphatic heterocycles. The topological polar surface area (TPSA) is 27.1 Å². The molecule has 0 amide bonds. The average Bonchev–Trinajstić information content (AvgIpc) is 2.58. The summed E-state index contributed by atoms with van der Waals surface area (Å²) in [5.41, 5.74) is 0.671. The Labute approximate surface area is 94.6 Å². The summed E-state index contributed by atoms with van der Waals surface area (Å²) in [5.74, 6) is 0.678. The molecule has 0 fully saturated rings. The van der Waals surface area contributed by atoms with Crippen LogP contribution in [0.4, 0.5) is 4.39 Å². The molecule has 15 heavy (non-hydrogen) atoms. The molecule has 0 aliphatic carbocycles. The summed E-state index contributed by atoms with van der Waals surface area (Å²) in [6, 6.07) is 7.10. The summed E-state index contributed by atoms with van der Waals surface area (Å²) in [6.45, 7) is 0. The van der Waals surface area contributed by atoms with Crippen molar-refractivity contribution in [2.75, 3.05) is 7.11 Å². The predicted molar refractivity (Wildman–Crippen MR) is 57.8 cm³/mol. The molecule has 0 atom stereocenters. The third-order valence-corrected chi connectivity index (χ3v) is 2.35. The van der Waals surface area contributed by atoms with E-state index in [-0.39, 0.29) is 0 Å². The maximum atomic E-state index is 13.3. The second-order valence-corrected chi connectivity index (χ2v) is 3.72. The van der Waals surface area contributed by atoms with E-state index in [1.54, 1.807) is 37.6 Å². The van der Waals surface area contributed by atoms with Gasteiger partial charge in [-0.15, -0.1) is 0 Å². The molecule has 0 saturated heterocycles. The zero-order chi connectivity index (χ0) is 10.8. The number of rotatable bonds is 2. The van der Waals surface area contributed by atoms with E-state index in [1.165, 1.54) is 4.57 Å². The molecule has 0 aliphatic rings. The Bertz CT molecular complexity index is 484. The molecule has 0 bridgehead atoms. The van der Waals surface area contributed by atoms with Gasteiger partial charge in [-0.25, -0.2) is 0 Å². The first-order valence-electron chi connectivity index (χ1n) is 4.25. The Hall–Kier alpha value is -1.36. The second-order valence-electron chi connectivity index (χ2n) is 2.90. The van der Waals surface area contributed by atoms with Crippen LogP contribution in [-0.4, -0.2) is 16.7 Å². The van der Waals surface area contributed by atoms with E-state index in [1.807, 2.05) is 0 Å². The van der Waals surface area contributed by atoms with Gasteiger partial charge in [0.25, 0.3) is 6.08 Å². The Kier molecular flexibility index (Phi) is 2.73. The summed E-state index contributed by atoms with van der Waals surface area (Å²) in [7, 11) is 1.57. The number of hydrogen-bond donors (Lipinski definition) is 0. The first-order valence-corrected chi connectivity index (χ1v) is 5.05.